The molecule has 0 spiro atoms. The lowest BCUT2D eigenvalue weighted by Gasteiger charge is -2.49. The van der Waals surface area contributed by atoms with Gasteiger partial charge in [0.15, 0.2) is 0 Å². The molecular weight excluding hydrogens is 661 g/mol. The van der Waals surface area contributed by atoms with Crippen LogP contribution < -0.4 is 21.3 Å². The normalized spacial score (nSPS) is 13.8. The molecule has 0 atom stereocenters. The second kappa shape index (κ2) is 12.9. The van der Waals surface area contributed by atoms with Gasteiger partial charge in [0.25, 0.3) is 0 Å². The standard InChI is InChI=1S/C53H42BN/c1-52(2,3)41-35-45-50-49(36-41)55(51-42(37-21-8-4-9-22-37)29-20-30-43(51)38-23-10-5-11-24-38)48-34-19-18-33-47(48)54(50)46-32-17-16-31-44(46)53(45,39-25-12-6-13-26-39)40-27-14-7-15-28-40/h4-36H,1-3H3. The quantitative estimate of drug-likeness (QED) is 0.161. The van der Waals surface area contributed by atoms with Crippen LogP contribution >= 0.6 is 0 Å². The molecular formula is C53H42BN. The fourth-order valence-corrected chi connectivity index (χ4v) is 9.54. The van der Waals surface area contributed by atoms with Crippen molar-refractivity contribution in [2.24, 2.45) is 0 Å². The molecule has 2 heterocycles. The van der Waals surface area contributed by atoms with Gasteiger partial charge in [-0.2, -0.15) is 0 Å². The highest BCUT2D eigenvalue weighted by Gasteiger charge is 2.52. The van der Waals surface area contributed by atoms with Crippen LogP contribution in [0.1, 0.15) is 48.6 Å². The van der Waals surface area contributed by atoms with E-state index in [9.17, 15) is 0 Å². The van der Waals surface area contributed by atoms with Crippen LogP contribution in [0.25, 0.3) is 22.3 Å². The Morgan fingerprint density at radius 1 is 0.436 bits per heavy atom. The van der Waals surface area contributed by atoms with Crippen LogP contribution in [0.3, 0.4) is 0 Å². The highest BCUT2D eigenvalue weighted by atomic mass is 15.2. The lowest BCUT2D eigenvalue weighted by molar-refractivity contribution is 0.587. The third-order valence-corrected chi connectivity index (χ3v) is 12.0. The van der Waals surface area contributed by atoms with E-state index in [1.54, 1.807) is 0 Å². The Morgan fingerprint density at radius 3 is 1.49 bits per heavy atom. The summed E-state index contributed by atoms with van der Waals surface area (Å²) in [5, 5.41) is 0. The first kappa shape index (κ1) is 33.2. The molecule has 2 heteroatoms. The lowest BCUT2D eigenvalue weighted by Crippen LogP contribution is -2.65. The minimum absolute atomic E-state index is 0.0484. The maximum absolute atomic E-state index is 2.62. The van der Waals surface area contributed by atoms with E-state index in [0.717, 1.165) is 0 Å². The van der Waals surface area contributed by atoms with E-state index in [1.807, 2.05) is 0 Å². The van der Waals surface area contributed by atoms with Crippen LogP contribution in [0.5, 0.6) is 0 Å². The van der Waals surface area contributed by atoms with Gasteiger partial charge in [-0.3, -0.25) is 0 Å². The van der Waals surface area contributed by atoms with Gasteiger partial charge < -0.3 is 4.90 Å². The lowest BCUT2D eigenvalue weighted by atomic mass is 9.29. The summed E-state index contributed by atoms with van der Waals surface area (Å²) < 4.78 is 0. The van der Waals surface area contributed by atoms with Crippen LogP contribution in [-0.4, -0.2) is 6.71 Å². The number of hydrogen-bond donors (Lipinski definition) is 0. The molecule has 0 saturated heterocycles. The molecule has 0 bridgehead atoms. The van der Waals surface area contributed by atoms with E-state index in [1.165, 1.54) is 83.5 Å². The average molecular weight is 704 g/mol. The van der Waals surface area contributed by atoms with Gasteiger partial charge in [-0.05, 0) is 67.4 Å². The van der Waals surface area contributed by atoms with Crippen molar-refractivity contribution in [1.29, 1.82) is 0 Å². The fraction of sp³-hybridized carbons (Fsp3) is 0.0943. The molecule has 55 heavy (non-hydrogen) atoms. The third kappa shape index (κ3) is 5.09. The minimum Gasteiger partial charge on any atom is -0.310 e. The SMILES string of the molecule is CC(C)(C)c1cc2c3c(c1)C(c1ccccc1)(c1ccccc1)c1ccccc1B3c1ccccc1N2c1c(-c2ccccc2)cccc1-c1ccccc1. The van der Waals surface area contributed by atoms with E-state index in [-0.39, 0.29) is 12.1 Å². The third-order valence-electron chi connectivity index (χ3n) is 12.0. The van der Waals surface area contributed by atoms with Gasteiger partial charge in [-0.15, -0.1) is 0 Å². The summed E-state index contributed by atoms with van der Waals surface area (Å²) in [6.45, 7) is 7.12. The summed E-state index contributed by atoms with van der Waals surface area (Å²) in [4.78, 5) is 2.62. The molecule has 0 unspecified atom stereocenters. The molecule has 0 aromatic heterocycles. The van der Waals surface area contributed by atoms with Gasteiger partial charge >= 0.3 is 0 Å². The molecule has 0 fully saturated rings. The number of anilines is 3. The number of nitrogens with zero attached hydrogens (tertiary/aromatic N) is 1. The van der Waals surface area contributed by atoms with Gasteiger partial charge in [0.1, 0.15) is 0 Å². The summed E-state index contributed by atoms with van der Waals surface area (Å²) in [6.07, 6.45) is 0. The molecule has 1 nitrogen and oxygen atoms in total. The number of rotatable bonds is 5. The van der Waals surface area contributed by atoms with Crippen molar-refractivity contribution in [1.82, 2.24) is 0 Å². The summed E-state index contributed by atoms with van der Waals surface area (Å²) >= 11 is 0. The Bertz CT molecular complexity index is 2580. The van der Waals surface area contributed by atoms with Gasteiger partial charge in [-0.25, -0.2) is 0 Å². The van der Waals surface area contributed by atoms with Crippen molar-refractivity contribution in [2.75, 3.05) is 4.90 Å². The summed E-state index contributed by atoms with van der Waals surface area (Å²) in [7, 11) is 0. The topological polar surface area (TPSA) is 3.24 Å². The maximum Gasteiger partial charge on any atom is 0.247 e. The number of benzene rings is 8. The van der Waals surface area contributed by atoms with Gasteiger partial charge in [0.2, 0.25) is 6.71 Å². The first-order valence-corrected chi connectivity index (χ1v) is 19.5. The second-order valence-electron chi connectivity index (χ2n) is 16.0. The van der Waals surface area contributed by atoms with E-state index in [4.69, 9.17) is 0 Å². The van der Waals surface area contributed by atoms with Gasteiger partial charge in [0, 0.05) is 22.5 Å². The van der Waals surface area contributed by atoms with E-state index in [2.05, 4.69) is 226 Å². The zero-order valence-corrected chi connectivity index (χ0v) is 31.6. The molecule has 262 valence electrons. The largest absolute Gasteiger partial charge is 0.310 e. The Hall–Kier alpha value is -6.38. The van der Waals surface area contributed by atoms with Crippen LogP contribution in [0.15, 0.2) is 200 Å². The zero-order chi connectivity index (χ0) is 37.1. The van der Waals surface area contributed by atoms with Crippen LogP contribution in [-0.2, 0) is 10.8 Å². The molecule has 0 saturated carbocycles. The van der Waals surface area contributed by atoms with E-state index in [0.29, 0.717) is 0 Å². The van der Waals surface area contributed by atoms with Crippen molar-refractivity contribution in [3.05, 3.63) is 228 Å². The minimum atomic E-state index is -0.555. The highest BCUT2D eigenvalue weighted by Crippen LogP contribution is 2.52. The van der Waals surface area contributed by atoms with Crippen LogP contribution in [0.4, 0.5) is 17.1 Å². The van der Waals surface area contributed by atoms with E-state index < -0.39 is 5.41 Å². The van der Waals surface area contributed by atoms with Gasteiger partial charge in [-0.1, -0.05) is 214 Å². The summed E-state index contributed by atoms with van der Waals surface area (Å²) in [6, 6.07) is 74.7. The monoisotopic (exact) mass is 703 g/mol. The predicted octanol–water partition coefficient (Wildman–Crippen LogP) is 11.3. The van der Waals surface area contributed by atoms with Crippen molar-refractivity contribution in [2.45, 2.75) is 31.6 Å². The second-order valence-corrected chi connectivity index (χ2v) is 16.0. The highest BCUT2D eigenvalue weighted by molar-refractivity contribution is 6.99. The van der Waals surface area contributed by atoms with Crippen molar-refractivity contribution < 1.29 is 0 Å². The summed E-state index contributed by atoms with van der Waals surface area (Å²) in [5.74, 6) is 0. The Labute approximate surface area is 325 Å². The molecule has 10 rings (SSSR count). The Balaban J connectivity index is 1.42. The number of para-hydroxylation sites is 2. The van der Waals surface area contributed by atoms with Crippen LogP contribution in [0, 0.1) is 0 Å². The molecule has 0 N–H and O–H groups in total. The fourth-order valence-electron chi connectivity index (χ4n) is 9.54. The molecule has 8 aromatic rings. The Morgan fingerprint density at radius 2 is 0.927 bits per heavy atom. The number of hydrogen-bond acceptors (Lipinski definition) is 1. The zero-order valence-electron chi connectivity index (χ0n) is 31.6. The molecule has 2 aliphatic rings. The molecule has 0 aliphatic carbocycles. The van der Waals surface area contributed by atoms with Gasteiger partial charge in [0.05, 0.1) is 11.1 Å². The van der Waals surface area contributed by atoms with Crippen LogP contribution in [0.2, 0.25) is 0 Å². The first-order chi connectivity index (χ1) is 27.0. The van der Waals surface area contributed by atoms with Crippen molar-refractivity contribution in [3.63, 3.8) is 0 Å². The molecule has 0 radical (unpaired) electrons. The molecule has 0 amide bonds. The smallest absolute Gasteiger partial charge is 0.247 e. The van der Waals surface area contributed by atoms with Crippen molar-refractivity contribution in [3.8, 4) is 22.3 Å². The predicted molar refractivity (Wildman–Crippen MR) is 234 cm³/mol. The van der Waals surface area contributed by atoms with Crippen molar-refractivity contribution >= 4 is 40.2 Å². The van der Waals surface area contributed by atoms with E-state index >= 15 is 0 Å². The Kier molecular flexibility index (Phi) is 7.78. The maximum atomic E-state index is 2.62. The average Bonchev–Trinajstić information content (AvgIpc) is 3.24. The first-order valence-electron chi connectivity index (χ1n) is 19.5. The molecule has 8 aromatic carbocycles. The molecule has 2 aliphatic heterocycles. The summed E-state index contributed by atoms with van der Waals surface area (Å²) in [5.41, 5.74) is 18.4. The number of fused-ring (bicyclic) bond motifs is 4.